The predicted octanol–water partition coefficient (Wildman–Crippen LogP) is 2.90. The number of carbonyl (C=O) groups is 2. The van der Waals surface area contributed by atoms with Crippen molar-refractivity contribution in [3.63, 3.8) is 0 Å². The standard InChI is InChI=1S/C14H8F2O3/c15-11-4-2-1-3-9(11)10-7-8(5-6-12(10)16)13(17)14(18)19/h1-7H,(H,18,19). The highest BCUT2D eigenvalue weighted by Gasteiger charge is 2.18. The van der Waals surface area contributed by atoms with E-state index in [1.807, 2.05) is 0 Å². The first-order valence-electron chi connectivity index (χ1n) is 5.33. The molecule has 0 aliphatic heterocycles. The molecule has 19 heavy (non-hydrogen) atoms. The van der Waals surface area contributed by atoms with E-state index in [-0.39, 0.29) is 16.7 Å². The van der Waals surface area contributed by atoms with Crippen molar-refractivity contribution in [2.75, 3.05) is 0 Å². The van der Waals surface area contributed by atoms with Crippen LogP contribution in [0.3, 0.4) is 0 Å². The quantitative estimate of drug-likeness (QED) is 0.683. The summed E-state index contributed by atoms with van der Waals surface area (Å²) < 4.78 is 27.3. The number of hydrogen-bond donors (Lipinski definition) is 1. The zero-order valence-corrected chi connectivity index (χ0v) is 9.56. The lowest BCUT2D eigenvalue weighted by Crippen LogP contribution is -2.12. The first kappa shape index (κ1) is 12.9. The Bertz CT molecular complexity index is 665. The molecule has 96 valence electrons. The Labute approximate surface area is 107 Å². The van der Waals surface area contributed by atoms with Crippen LogP contribution in [0.5, 0.6) is 0 Å². The highest BCUT2D eigenvalue weighted by molar-refractivity contribution is 6.39. The zero-order valence-electron chi connectivity index (χ0n) is 9.56. The van der Waals surface area contributed by atoms with Crippen LogP contribution in [-0.2, 0) is 4.79 Å². The normalized spacial score (nSPS) is 10.2. The Morgan fingerprint density at radius 3 is 2.16 bits per heavy atom. The molecule has 0 unspecified atom stereocenters. The average Bonchev–Trinajstić information content (AvgIpc) is 2.39. The first-order valence-corrected chi connectivity index (χ1v) is 5.33. The molecule has 0 radical (unpaired) electrons. The molecule has 2 aromatic carbocycles. The number of halogens is 2. The molecule has 2 aromatic rings. The van der Waals surface area contributed by atoms with E-state index in [1.54, 1.807) is 0 Å². The summed E-state index contributed by atoms with van der Waals surface area (Å²) in [4.78, 5) is 21.9. The smallest absolute Gasteiger partial charge is 0.377 e. The van der Waals surface area contributed by atoms with E-state index >= 15 is 0 Å². The molecular weight excluding hydrogens is 254 g/mol. The molecular formula is C14H8F2O3. The number of carboxylic acids is 1. The van der Waals surface area contributed by atoms with E-state index in [2.05, 4.69) is 0 Å². The van der Waals surface area contributed by atoms with E-state index < -0.39 is 23.4 Å². The number of aliphatic carboxylic acids is 1. The number of Topliss-reactive ketones (excluding diaryl/α,β-unsaturated/α-hetero) is 1. The fourth-order valence-corrected chi connectivity index (χ4v) is 1.68. The average molecular weight is 262 g/mol. The van der Waals surface area contributed by atoms with Gasteiger partial charge in [0.15, 0.2) is 0 Å². The number of ketones is 1. The molecule has 0 aromatic heterocycles. The summed E-state index contributed by atoms with van der Waals surface area (Å²) >= 11 is 0. The Kier molecular flexibility index (Phi) is 3.37. The van der Waals surface area contributed by atoms with Crippen molar-refractivity contribution in [1.82, 2.24) is 0 Å². The van der Waals surface area contributed by atoms with Crippen molar-refractivity contribution < 1.29 is 23.5 Å². The van der Waals surface area contributed by atoms with Crippen LogP contribution in [0.1, 0.15) is 10.4 Å². The number of carboxylic acid groups (broad SMARTS) is 1. The summed E-state index contributed by atoms with van der Waals surface area (Å²) in [5.74, 6) is -4.20. The molecule has 0 aliphatic carbocycles. The van der Waals surface area contributed by atoms with Gasteiger partial charge in [0.2, 0.25) is 0 Å². The zero-order chi connectivity index (χ0) is 14.0. The van der Waals surface area contributed by atoms with Crippen molar-refractivity contribution in [3.05, 3.63) is 59.7 Å². The molecule has 0 saturated heterocycles. The molecule has 2 rings (SSSR count). The number of rotatable bonds is 3. The molecule has 0 saturated carbocycles. The van der Waals surface area contributed by atoms with Crippen molar-refractivity contribution >= 4 is 11.8 Å². The number of benzene rings is 2. The Balaban J connectivity index is 2.58. The Morgan fingerprint density at radius 1 is 0.895 bits per heavy atom. The lowest BCUT2D eigenvalue weighted by Gasteiger charge is -2.06. The molecule has 0 bridgehead atoms. The fraction of sp³-hybridized carbons (Fsp3) is 0. The summed E-state index contributed by atoms with van der Waals surface area (Å²) in [5.41, 5.74) is -0.377. The van der Waals surface area contributed by atoms with Crippen LogP contribution in [-0.4, -0.2) is 16.9 Å². The van der Waals surface area contributed by atoms with Crippen molar-refractivity contribution in [1.29, 1.82) is 0 Å². The molecule has 0 aliphatic rings. The summed E-state index contributed by atoms with van der Waals surface area (Å²) in [7, 11) is 0. The third kappa shape index (κ3) is 2.49. The Morgan fingerprint density at radius 2 is 1.53 bits per heavy atom. The lowest BCUT2D eigenvalue weighted by atomic mass is 10.00. The van der Waals surface area contributed by atoms with Gasteiger partial charge >= 0.3 is 5.97 Å². The first-order chi connectivity index (χ1) is 9.00. The van der Waals surface area contributed by atoms with Crippen LogP contribution in [0, 0.1) is 11.6 Å². The van der Waals surface area contributed by atoms with Crippen molar-refractivity contribution in [2.24, 2.45) is 0 Å². The van der Waals surface area contributed by atoms with Gasteiger partial charge in [-0.05, 0) is 24.3 Å². The maximum atomic E-state index is 13.7. The lowest BCUT2D eigenvalue weighted by molar-refractivity contribution is -0.131. The van der Waals surface area contributed by atoms with Gasteiger partial charge in [0.1, 0.15) is 11.6 Å². The highest BCUT2D eigenvalue weighted by atomic mass is 19.1. The summed E-state index contributed by atoms with van der Waals surface area (Å²) in [6.45, 7) is 0. The molecule has 0 fully saturated rings. The van der Waals surface area contributed by atoms with Crippen LogP contribution >= 0.6 is 0 Å². The van der Waals surface area contributed by atoms with Crippen molar-refractivity contribution in [2.45, 2.75) is 0 Å². The third-order valence-electron chi connectivity index (χ3n) is 2.59. The Hall–Kier alpha value is -2.56. The summed E-state index contributed by atoms with van der Waals surface area (Å²) in [5, 5.41) is 8.60. The van der Waals surface area contributed by atoms with Crippen LogP contribution in [0.2, 0.25) is 0 Å². The molecule has 3 nitrogen and oxygen atoms in total. The molecule has 5 heteroatoms. The largest absolute Gasteiger partial charge is 0.475 e. The third-order valence-corrected chi connectivity index (χ3v) is 2.59. The van der Waals surface area contributed by atoms with E-state index in [9.17, 15) is 18.4 Å². The van der Waals surface area contributed by atoms with Crippen molar-refractivity contribution in [3.8, 4) is 11.1 Å². The highest BCUT2D eigenvalue weighted by Crippen LogP contribution is 2.26. The second-order valence-electron chi connectivity index (χ2n) is 3.81. The van der Waals surface area contributed by atoms with Crippen LogP contribution in [0.4, 0.5) is 8.78 Å². The molecule has 0 atom stereocenters. The van der Waals surface area contributed by atoms with Gasteiger partial charge in [-0.15, -0.1) is 0 Å². The van der Waals surface area contributed by atoms with E-state index in [0.29, 0.717) is 0 Å². The minimum Gasteiger partial charge on any atom is -0.475 e. The fourth-order valence-electron chi connectivity index (χ4n) is 1.68. The number of hydrogen-bond acceptors (Lipinski definition) is 2. The minimum atomic E-state index is -1.65. The topological polar surface area (TPSA) is 54.4 Å². The maximum absolute atomic E-state index is 13.7. The van der Waals surface area contributed by atoms with E-state index in [4.69, 9.17) is 5.11 Å². The van der Waals surface area contributed by atoms with Crippen LogP contribution in [0.15, 0.2) is 42.5 Å². The van der Waals surface area contributed by atoms with Gasteiger partial charge in [-0.1, -0.05) is 18.2 Å². The van der Waals surface area contributed by atoms with Crippen LogP contribution < -0.4 is 0 Å². The monoisotopic (exact) mass is 262 g/mol. The van der Waals surface area contributed by atoms with Crippen LogP contribution in [0.25, 0.3) is 11.1 Å². The summed E-state index contributed by atoms with van der Waals surface area (Å²) in [6.07, 6.45) is 0. The minimum absolute atomic E-state index is 0.0277. The van der Waals surface area contributed by atoms with Gasteiger partial charge in [-0.25, -0.2) is 13.6 Å². The van der Waals surface area contributed by atoms with Gasteiger partial charge in [-0.3, -0.25) is 4.79 Å². The molecule has 0 spiro atoms. The van der Waals surface area contributed by atoms with Gasteiger partial charge in [-0.2, -0.15) is 0 Å². The van der Waals surface area contributed by atoms with E-state index in [0.717, 1.165) is 24.3 Å². The second kappa shape index (κ2) is 4.97. The van der Waals surface area contributed by atoms with Gasteiger partial charge < -0.3 is 5.11 Å². The second-order valence-corrected chi connectivity index (χ2v) is 3.81. The predicted molar refractivity (Wildman–Crippen MR) is 63.8 cm³/mol. The van der Waals surface area contributed by atoms with Gasteiger partial charge in [0.05, 0.1) is 0 Å². The molecule has 1 N–H and O–H groups in total. The van der Waals surface area contributed by atoms with E-state index in [1.165, 1.54) is 18.2 Å². The SMILES string of the molecule is O=C(O)C(=O)c1ccc(F)c(-c2ccccc2F)c1. The van der Waals surface area contributed by atoms with Gasteiger partial charge in [0.25, 0.3) is 5.78 Å². The number of carbonyl (C=O) groups excluding carboxylic acids is 1. The molecule has 0 heterocycles. The van der Waals surface area contributed by atoms with Gasteiger partial charge in [0, 0.05) is 16.7 Å². The molecule has 0 amide bonds. The maximum Gasteiger partial charge on any atom is 0.377 e. The summed E-state index contributed by atoms with van der Waals surface area (Å²) in [6, 6.07) is 8.49.